The third-order valence-corrected chi connectivity index (χ3v) is 3.10. The molecule has 102 valence electrons. The number of nitriles is 1. The summed E-state index contributed by atoms with van der Waals surface area (Å²) in [6, 6.07) is 18.5. The molecule has 1 aromatic heterocycles. The fourth-order valence-electron chi connectivity index (χ4n) is 2.08. The summed E-state index contributed by atoms with van der Waals surface area (Å²) in [5, 5.41) is 19.3. The van der Waals surface area contributed by atoms with Crippen molar-refractivity contribution in [1.29, 1.82) is 5.26 Å². The maximum atomic E-state index is 9.25. The molecule has 0 saturated heterocycles. The molecular formula is C17H12N2O2. The molecule has 4 nitrogen and oxygen atoms in total. The highest BCUT2D eigenvalue weighted by Gasteiger charge is 2.09. The van der Waals surface area contributed by atoms with Crippen molar-refractivity contribution in [2.45, 2.75) is 6.61 Å². The van der Waals surface area contributed by atoms with E-state index in [0.29, 0.717) is 11.3 Å². The highest BCUT2D eigenvalue weighted by molar-refractivity contribution is 5.81. The molecule has 0 spiro atoms. The zero-order chi connectivity index (χ0) is 14.7. The summed E-state index contributed by atoms with van der Waals surface area (Å²) in [5.74, 6) is 0.812. The number of nitrogens with zero attached hydrogens (tertiary/aromatic N) is 2. The summed E-state index contributed by atoms with van der Waals surface area (Å²) in [6.07, 6.45) is 0. The van der Waals surface area contributed by atoms with Crippen LogP contribution in [-0.4, -0.2) is 10.1 Å². The Balaban J connectivity index is 2.04. The van der Waals surface area contributed by atoms with Gasteiger partial charge in [-0.2, -0.15) is 5.26 Å². The molecule has 0 unspecified atom stereocenters. The molecule has 3 aromatic rings. The van der Waals surface area contributed by atoms with Crippen LogP contribution in [0.4, 0.5) is 0 Å². The van der Waals surface area contributed by atoms with E-state index < -0.39 is 0 Å². The number of para-hydroxylation sites is 1. The molecule has 0 amide bonds. The second-order valence-electron chi connectivity index (χ2n) is 4.55. The number of rotatable bonds is 3. The maximum Gasteiger partial charge on any atom is 0.237 e. The van der Waals surface area contributed by atoms with Crippen LogP contribution < -0.4 is 4.74 Å². The first-order chi connectivity index (χ1) is 10.3. The number of aliphatic hydroxyl groups is 1. The van der Waals surface area contributed by atoms with Crippen LogP contribution in [0.3, 0.4) is 0 Å². The van der Waals surface area contributed by atoms with E-state index in [1.807, 2.05) is 24.3 Å². The fourth-order valence-corrected chi connectivity index (χ4v) is 2.08. The number of fused-ring (bicyclic) bond motifs is 1. The van der Waals surface area contributed by atoms with Gasteiger partial charge in [0.05, 0.1) is 12.1 Å². The Kier molecular flexibility index (Phi) is 3.50. The standard InChI is InChI=1S/C17H12N2O2/c18-10-14-9-13-5-1-2-7-16(13)19-17(14)21-15-6-3-4-12(8-15)11-20/h1-9,20H,11H2. The number of benzene rings is 2. The van der Waals surface area contributed by atoms with Crippen LogP contribution in [0.5, 0.6) is 11.6 Å². The lowest BCUT2D eigenvalue weighted by atomic mass is 10.1. The molecule has 21 heavy (non-hydrogen) atoms. The summed E-state index contributed by atoms with van der Waals surface area (Å²) in [4.78, 5) is 4.39. The Morgan fingerprint density at radius 2 is 1.95 bits per heavy atom. The van der Waals surface area contributed by atoms with Gasteiger partial charge in [-0.05, 0) is 29.8 Å². The minimum absolute atomic E-state index is 0.0620. The lowest BCUT2D eigenvalue weighted by Gasteiger charge is -2.08. The molecule has 1 N–H and O–H groups in total. The van der Waals surface area contributed by atoms with Crippen molar-refractivity contribution in [3.8, 4) is 17.7 Å². The van der Waals surface area contributed by atoms with Gasteiger partial charge in [-0.1, -0.05) is 30.3 Å². The first-order valence-corrected chi connectivity index (χ1v) is 6.47. The second-order valence-corrected chi connectivity index (χ2v) is 4.55. The van der Waals surface area contributed by atoms with Crippen molar-refractivity contribution in [3.63, 3.8) is 0 Å². The van der Waals surface area contributed by atoms with Crippen molar-refractivity contribution < 1.29 is 9.84 Å². The summed E-state index contributed by atoms with van der Waals surface area (Å²) in [6.45, 7) is -0.0620. The predicted octanol–water partition coefficient (Wildman–Crippen LogP) is 3.39. The lowest BCUT2D eigenvalue weighted by molar-refractivity contribution is 0.281. The van der Waals surface area contributed by atoms with Crippen molar-refractivity contribution in [1.82, 2.24) is 4.98 Å². The van der Waals surface area contributed by atoms with E-state index in [4.69, 9.17) is 9.84 Å². The molecule has 0 aliphatic rings. The molecule has 4 heteroatoms. The third kappa shape index (κ3) is 2.69. The van der Waals surface area contributed by atoms with Gasteiger partial charge in [0, 0.05) is 5.39 Å². The number of pyridine rings is 1. The molecule has 0 radical (unpaired) electrons. The number of hydrogen-bond donors (Lipinski definition) is 1. The van der Waals surface area contributed by atoms with Crippen LogP contribution in [0.2, 0.25) is 0 Å². The van der Waals surface area contributed by atoms with Gasteiger partial charge in [0.2, 0.25) is 5.88 Å². The van der Waals surface area contributed by atoms with E-state index >= 15 is 0 Å². The van der Waals surface area contributed by atoms with Gasteiger partial charge < -0.3 is 9.84 Å². The Labute approximate surface area is 121 Å². The monoisotopic (exact) mass is 276 g/mol. The van der Waals surface area contributed by atoms with Gasteiger partial charge >= 0.3 is 0 Å². The molecule has 3 rings (SSSR count). The van der Waals surface area contributed by atoms with E-state index in [2.05, 4.69) is 11.1 Å². The molecular weight excluding hydrogens is 264 g/mol. The average Bonchev–Trinajstić information content (AvgIpc) is 2.54. The van der Waals surface area contributed by atoms with Gasteiger partial charge in [0.15, 0.2) is 0 Å². The van der Waals surface area contributed by atoms with Crippen LogP contribution in [0, 0.1) is 11.3 Å². The minimum atomic E-state index is -0.0620. The van der Waals surface area contributed by atoms with Crippen LogP contribution in [0.25, 0.3) is 10.9 Å². The minimum Gasteiger partial charge on any atom is -0.438 e. The molecule has 0 fully saturated rings. The Morgan fingerprint density at radius 1 is 1.10 bits per heavy atom. The largest absolute Gasteiger partial charge is 0.438 e. The smallest absolute Gasteiger partial charge is 0.237 e. The quantitative estimate of drug-likeness (QED) is 0.796. The second kappa shape index (κ2) is 5.61. The van der Waals surface area contributed by atoms with Crippen molar-refractivity contribution in [2.75, 3.05) is 0 Å². The summed E-state index contributed by atoms with van der Waals surface area (Å²) < 4.78 is 5.71. The normalized spacial score (nSPS) is 10.3. The maximum absolute atomic E-state index is 9.25. The first-order valence-electron chi connectivity index (χ1n) is 6.47. The average molecular weight is 276 g/mol. The van der Waals surface area contributed by atoms with Gasteiger partial charge in [0.1, 0.15) is 17.4 Å². The van der Waals surface area contributed by atoms with E-state index in [1.54, 1.807) is 30.3 Å². The Bertz CT molecular complexity index is 838. The van der Waals surface area contributed by atoms with Crippen molar-refractivity contribution in [2.24, 2.45) is 0 Å². The first kappa shape index (κ1) is 13.1. The van der Waals surface area contributed by atoms with Crippen LogP contribution in [0.1, 0.15) is 11.1 Å². The summed E-state index contributed by atoms with van der Waals surface area (Å²) in [7, 11) is 0. The van der Waals surface area contributed by atoms with E-state index in [1.165, 1.54) is 0 Å². The highest BCUT2D eigenvalue weighted by Crippen LogP contribution is 2.27. The topological polar surface area (TPSA) is 66.1 Å². The van der Waals surface area contributed by atoms with Crippen LogP contribution in [-0.2, 0) is 6.61 Å². The predicted molar refractivity (Wildman–Crippen MR) is 78.9 cm³/mol. The van der Waals surface area contributed by atoms with Crippen molar-refractivity contribution in [3.05, 3.63) is 65.7 Å². The fraction of sp³-hybridized carbons (Fsp3) is 0.0588. The van der Waals surface area contributed by atoms with Gasteiger partial charge in [-0.15, -0.1) is 0 Å². The van der Waals surface area contributed by atoms with Crippen LogP contribution in [0.15, 0.2) is 54.6 Å². The number of aromatic nitrogens is 1. The Hall–Kier alpha value is -2.90. The van der Waals surface area contributed by atoms with E-state index in [9.17, 15) is 5.26 Å². The van der Waals surface area contributed by atoms with Crippen molar-refractivity contribution >= 4 is 10.9 Å². The van der Waals surface area contributed by atoms with E-state index in [0.717, 1.165) is 16.5 Å². The lowest BCUT2D eigenvalue weighted by Crippen LogP contribution is -1.94. The molecule has 0 bridgehead atoms. The summed E-state index contributed by atoms with van der Waals surface area (Å²) >= 11 is 0. The zero-order valence-corrected chi connectivity index (χ0v) is 11.2. The highest BCUT2D eigenvalue weighted by atomic mass is 16.5. The van der Waals surface area contributed by atoms with Gasteiger partial charge in [-0.3, -0.25) is 0 Å². The van der Waals surface area contributed by atoms with E-state index in [-0.39, 0.29) is 12.5 Å². The molecule has 0 atom stereocenters. The third-order valence-electron chi connectivity index (χ3n) is 3.10. The summed E-state index contributed by atoms with van der Waals surface area (Å²) in [5.41, 5.74) is 1.89. The number of hydrogen-bond acceptors (Lipinski definition) is 4. The zero-order valence-electron chi connectivity index (χ0n) is 11.2. The molecule has 1 heterocycles. The molecule has 0 saturated carbocycles. The number of aliphatic hydroxyl groups excluding tert-OH is 1. The number of ether oxygens (including phenoxy) is 1. The van der Waals surface area contributed by atoms with Gasteiger partial charge in [-0.25, -0.2) is 4.98 Å². The van der Waals surface area contributed by atoms with Gasteiger partial charge in [0.25, 0.3) is 0 Å². The SMILES string of the molecule is N#Cc1cc2ccccc2nc1Oc1cccc(CO)c1. The Morgan fingerprint density at radius 3 is 2.76 bits per heavy atom. The molecule has 0 aliphatic heterocycles. The van der Waals surface area contributed by atoms with Crippen LogP contribution >= 0.6 is 0 Å². The molecule has 0 aliphatic carbocycles. The molecule has 2 aromatic carbocycles.